The van der Waals surface area contributed by atoms with E-state index in [9.17, 15) is 0 Å². The number of hydrogen-bond acceptors (Lipinski definition) is 5. The molecular formula is C17H32N2O3Si. The highest BCUT2D eigenvalue weighted by atomic mass is 28.4. The van der Waals surface area contributed by atoms with Crippen LogP contribution in [-0.2, 0) is 19.8 Å². The van der Waals surface area contributed by atoms with Gasteiger partial charge in [0.2, 0.25) is 0 Å². The molecule has 132 valence electrons. The first-order valence-corrected chi connectivity index (χ1v) is 9.80. The highest BCUT2D eigenvalue weighted by Gasteiger charge is 2.36. The third kappa shape index (κ3) is 8.88. The molecule has 0 aliphatic rings. The lowest BCUT2D eigenvalue weighted by Crippen LogP contribution is -2.42. The third-order valence-electron chi connectivity index (χ3n) is 3.39. The van der Waals surface area contributed by atoms with Crippen LogP contribution in [0.2, 0.25) is 6.04 Å². The fraction of sp³-hybridized carbons (Fsp3) is 0.529. The molecule has 0 radical (unpaired) electrons. The molecule has 0 unspecified atom stereocenters. The van der Waals surface area contributed by atoms with Gasteiger partial charge in [-0.2, -0.15) is 0 Å². The molecule has 0 aliphatic heterocycles. The van der Waals surface area contributed by atoms with E-state index in [1.165, 1.54) is 5.56 Å². The summed E-state index contributed by atoms with van der Waals surface area (Å²) in [6.07, 6.45) is 2.86. The van der Waals surface area contributed by atoms with Gasteiger partial charge in [-0.25, -0.2) is 0 Å². The summed E-state index contributed by atoms with van der Waals surface area (Å²) >= 11 is 0. The fourth-order valence-corrected chi connectivity index (χ4v) is 3.81. The number of rotatable bonds is 10. The van der Waals surface area contributed by atoms with E-state index in [1.54, 1.807) is 21.3 Å². The van der Waals surface area contributed by atoms with E-state index < -0.39 is 8.80 Å². The maximum Gasteiger partial charge on any atom is 0.500 e. The first-order chi connectivity index (χ1) is 11.1. The lowest BCUT2D eigenvalue weighted by atomic mass is 10.2. The van der Waals surface area contributed by atoms with Gasteiger partial charge in [-0.15, -0.1) is 0 Å². The molecule has 0 saturated heterocycles. The second-order valence-electron chi connectivity index (χ2n) is 4.97. The van der Waals surface area contributed by atoms with Crippen molar-refractivity contribution >= 4 is 8.80 Å². The van der Waals surface area contributed by atoms with Gasteiger partial charge in [0.05, 0.1) is 0 Å². The van der Waals surface area contributed by atoms with Gasteiger partial charge >= 0.3 is 8.80 Å². The van der Waals surface area contributed by atoms with Gasteiger partial charge in [-0.3, -0.25) is 0 Å². The second kappa shape index (κ2) is 13.3. The molecule has 0 aliphatic carbocycles. The molecule has 0 heterocycles. The molecule has 2 N–H and O–H groups in total. The van der Waals surface area contributed by atoms with Crippen LogP contribution in [0.1, 0.15) is 18.9 Å². The first kappa shape index (κ1) is 21.8. The van der Waals surface area contributed by atoms with Crippen molar-refractivity contribution in [3.05, 3.63) is 48.7 Å². The van der Waals surface area contributed by atoms with E-state index in [1.807, 2.05) is 24.4 Å². The van der Waals surface area contributed by atoms with Crippen molar-refractivity contribution in [2.75, 3.05) is 34.4 Å². The Labute approximate surface area is 142 Å². The molecule has 0 fully saturated rings. The quantitative estimate of drug-likeness (QED) is 0.664. The summed E-state index contributed by atoms with van der Waals surface area (Å²) in [5.74, 6) is 0. The summed E-state index contributed by atoms with van der Waals surface area (Å²) in [4.78, 5) is 2.11. The zero-order valence-electron chi connectivity index (χ0n) is 15.0. The van der Waals surface area contributed by atoms with Crippen molar-refractivity contribution in [3.63, 3.8) is 0 Å². The van der Waals surface area contributed by atoms with E-state index in [-0.39, 0.29) is 0 Å². The predicted octanol–water partition coefficient (Wildman–Crippen LogP) is 2.87. The zero-order chi connectivity index (χ0) is 17.6. The fourth-order valence-electron chi connectivity index (χ4n) is 2.08. The van der Waals surface area contributed by atoms with Gasteiger partial charge in [0.1, 0.15) is 0 Å². The number of nitrogens with two attached hydrogens (primary N) is 1. The number of nitrogens with zero attached hydrogens (tertiary/aromatic N) is 1. The van der Waals surface area contributed by atoms with Crippen LogP contribution in [0.3, 0.4) is 0 Å². The molecule has 5 nitrogen and oxygen atoms in total. The summed E-state index contributed by atoms with van der Waals surface area (Å²) in [5.41, 5.74) is 6.76. The summed E-state index contributed by atoms with van der Waals surface area (Å²) in [6.45, 7) is 8.24. The van der Waals surface area contributed by atoms with E-state index in [4.69, 9.17) is 19.0 Å². The zero-order valence-corrected chi connectivity index (χ0v) is 16.0. The van der Waals surface area contributed by atoms with Gasteiger partial charge < -0.3 is 23.9 Å². The Morgan fingerprint density at radius 1 is 1.13 bits per heavy atom. The highest BCUT2D eigenvalue weighted by Crippen LogP contribution is 2.13. The van der Waals surface area contributed by atoms with E-state index in [2.05, 4.69) is 30.5 Å². The maximum atomic E-state index is 5.47. The third-order valence-corrected chi connectivity index (χ3v) is 6.37. The molecule has 1 rings (SSSR count). The monoisotopic (exact) mass is 340 g/mol. The topological polar surface area (TPSA) is 57.0 Å². The van der Waals surface area contributed by atoms with Crippen molar-refractivity contribution < 1.29 is 13.3 Å². The van der Waals surface area contributed by atoms with Gasteiger partial charge in [0.25, 0.3) is 0 Å². The molecule has 0 spiro atoms. The molecule has 1 aromatic rings. The van der Waals surface area contributed by atoms with Crippen LogP contribution < -0.4 is 5.73 Å². The normalized spacial score (nSPS) is 10.7. The standard InChI is InChI=1S/C11H16N2.C6H16O3Si/c1-2-13(9-8-12)10-11-6-4-3-5-7-11;1-5-6-10(7-2,8-3)9-4/h2-7H,1,8-10,12H2;5-6H2,1-4H3. The van der Waals surface area contributed by atoms with Crippen LogP contribution in [0.4, 0.5) is 0 Å². The van der Waals surface area contributed by atoms with Crippen molar-refractivity contribution in [2.24, 2.45) is 5.73 Å². The molecule has 6 heteroatoms. The Kier molecular flexibility index (Phi) is 12.6. The summed E-state index contributed by atoms with van der Waals surface area (Å²) < 4.78 is 15.5. The molecule has 0 aromatic heterocycles. The number of hydrogen-bond donors (Lipinski definition) is 1. The van der Waals surface area contributed by atoms with Gasteiger partial charge in [-0.05, 0) is 11.8 Å². The summed E-state index contributed by atoms with van der Waals surface area (Å²) in [6, 6.07) is 11.2. The Morgan fingerprint density at radius 2 is 1.70 bits per heavy atom. The van der Waals surface area contributed by atoms with E-state index in [0.29, 0.717) is 6.54 Å². The van der Waals surface area contributed by atoms with Crippen LogP contribution in [0.25, 0.3) is 0 Å². The molecule has 0 amide bonds. The highest BCUT2D eigenvalue weighted by molar-refractivity contribution is 6.60. The van der Waals surface area contributed by atoms with Crippen LogP contribution in [0, 0.1) is 0 Å². The second-order valence-corrected chi connectivity index (χ2v) is 8.06. The Balaban J connectivity index is 0.000000438. The molecular weight excluding hydrogens is 308 g/mol. The molecule has 0 bridgehead atoms. The smallest absolute Gasteiger partial charge is 0.377 e. The van der Waals surface area contributed by atoms with Crippen LogP contribution in [-0.4, -0.2) is 48.1 Å². The number of benzene rings is 1. The van der Waals surface area contributed by atoms with Crippen molar-refractivity contribution in [1.82, 2.24) is 4.90 Å². The lowest BCUT2D eigenvalue weighted by molar-refractivity contribution is 0.123. The first-order valence-electron chi connectivity index (χ1n) is 7.87. The van der Waals surface area contributed by atoms with Gasteiger partial charge in [-0.1, -0.05) is 50.3 Å². The van der Waals surface area contributed by atoms with Crippen molar-refractivity contribution in [3.8, 4) is 0 Å². The average Bonchev–Trinajstić information content (AvgIpc) is 2.61. The minimum absolute atomic E-state index is 0.666. The molecule has 23 heavy (non-hydrogen) atoms. The molecule has 0 saturated carbocycles. The van der Waals surface area contributed by atoms with Crippen LogP contribution >= 0.6 is 0 Å². The lowest BCUT2D eigenvalue weighted by Gasteiger charge is -2.23. The van der Waals surface area contributed by atoms with Gasteiger partial charge in [0, 0.05) is 47.0 Å². The Bertz CT molecular complexity index is 392. The van der Waals surface area contributed by atoms with E-state index >= 15 is 0 Å². The van der Waals surface area contributed by atoms with Crippen molar-refractivity contribution in [2.45, 2.75) is 25.9 Å². The predicted molar refractivity (Wildman–Crippen MR) is 98.0 cm³/mol. The van der Waals surface area contributed by atoms with Crippen LogP contribution in [0.5, 0.6) is 0 Å². The minimum atomic E-state index is -2.22. The van der Waals surface area contributed by atoms with Crippen molar-refractivity contribution in [1.29, 1.82) is 0 Å². The SMILES string of the molecule is C=CN(CCN)Cc1ccccc1.CCC[Si](OC)(OC)OC. The Hall–Kier alpha value is -1.18. The van der Waals surface area contributed by atoms with Crippen LogP contribution in [0.15, 0.2) is 43.1 Å². The molecule has 1 aromatic carbocycles. The summed E-state index contributed by atoms with van der Waals surface area (Å²) in [5, 5.41) is 0. The average molecular weight is 341 g/mol. The Morgan fingerprint density at radius 3 is 2.04 bits per heavy atom. The van der Waals surface area contributed by atoms with E-state index in [0.717, 1.165) is 25.6 Å². The molecule has 0 atom stereocenters. The van der Waals surface area contributed by atoms with Gasteiger partial charge in [0.15, 0.2) is 0 Å². The minimum Gasteiger partial charge on any atom is -0.377 e. The largest absolute Gasteiger partial charge is 0.500 e. The summed E-state index contributed by atoms with van der Waals surface area (Å²) in [7, 11) is 2.68. The maximum absolute atomic E-state index is 5.47.